The van der Waals surface area contributed by atoms with Gasteiger partial charge in [0.1, 0.15) is 0 Å². The number of pyridine rings is 4. The number of aryl methyl sites for hydroxylation is 8. The predicted octanol–water partition coefficient (Wildman–Crippen LogP) is 17.7. The van der Waals surface area contributed by atoms with Crippen LogP contribution in [0.4, 0.5) is 0 Å². The summed E-state index contributed by atoms with van der Waals surface area (Å²) in [6, 6.07) is 60.5. The molecule has 0 spiro atoms. The summed E-state index contributed by atoms with van der Waals surface area (Å²) in [6.45, 7) is 5.20. The Morgan fingerprint density at radius 1 is 0.282 bits per heavy atom. The van der Waals surface area contributed by atoms with Gasteiger partial charge in [0.2, 0.25) is 0 Å². The van der Waals surface area contributed by atoms with Crippen LogP contribution in [-0.4, -0.2) is 19.9 Å². The third-order valence-corrected chi connectivity index (χ3v) is 11.9. The Morgan fingerprint density at radius 3 is 1.27 bits per heavy atom. The van der Waals surface area contributed by atoms with Crippen LogP contribution in [0.5, 0.6) is 0 Å². The quantitative estimate of drug-likeness (QED) is 0.173. The Kier molecular flexibility index (Phi) is 13.9. The van der Waals surface area contributed by atoms with Crippen LogP contribution in [0.15, 0.2) is 213 Å². The first-order valence-electron chi connectivity index (χ1n) is 29.4. The summed E-state index contributed by atoms with van der Waals surface area (Å²) in [5.41, 5.74) is 18.0. The van der Waals surface area contributed by atoms with E-state index in [4.69, 9.17) is 16.4 Å². The number of nitrogens with zero attached hydrogens (tertiary/aromatic N) is 4. The van der Waals surface area contributed by atoms with Gasteiger partial charge in [-0.05, 0) is 160 Å². The van der Waals surface area contributed by atoms with E-state index in [9.17, 15) is 0 Å². The highest BCUT2D eigenvalue weighted by Gasteiger charge is 2.08. The fourth-order valence-electron chi connectivity index (χ4n) is 7.38. The molecular formula is C67H68N4. The van der Waals surface area contributed by atoms with Crippen LogP contribution in [0.25, 0.3) is 56.2 Å². The molecule has 0 fully saturated rings. The van der Waals surface area contributed by atoms with Crippen LogP contribution < -0.4 is 0 Å². The number of rotatable bonds is 5. The molecule has 4 aromatic heterocycles. The minimum Gasteiger partial charge on any atom is -0.256 e. The lowest BCUT2D eigenvalue weighted by Gasteiger charge is -2.09. The van der Waals surface area contributed by atoms with Gasteiger partial charge in [-0.15, -0.1) is 0 Å². The monoisotopic (exact) mass is 941 g/mol. The zero-order valence-electron chi connectivity index (χ0n) is 53.5. The van der Waals surface area contributed by atoms with Crippen molar-refractivity contribution in [1.82, 2.24) is 19.9 Å². The summed E-state index contributed by atoms with van der Waals surface area (Å²) in [5, 5.41) is 0. The molecule has 10 aromatic rings. The van der Waals surface area contributed by atoms with Crippen LogP contribution >= 0.6 is 0 Å². The first-order chi connectivity index (χ1) is 39.1. The van der Waals surface area contributed by atoms with Gasteiger partial charge in [0.05, 0.1) is 22.8 Å². The van der Waals surface area contributed by atoms with E-state index in [0.717, 1.165) is 78.4 Å². The SMILES string of the molecule is Cc1ccnc(-c2ccccc2)c1C.[2H]C([2H])([2H])c1ccc(-c2ccccc2)cc1C.[2H]C([2H])([2H])c1cnc(-c2ccccc2)c(C)c1.[2H]C([2H])([2H])c1cnc(-c2ccccc2)c(C)c1C.[2H]C([2H])([2H])c1cnc(-c2ccccc2)cc1C. The molecule has 0 unspecified atom stereocenters. The molecule has 0 amide bonds. The highest BCUT2D eigenvalue weighted by atomic mass is 14.7. The van der Waals surface area contributed by atoms with E-state index in [1.165, 1.54) is 35.3 Å². The van der Waals surface area contributed by atoms with Crippen molar-refractivity contribution < 1.29 is 16.4 Å². The van der Waals surface area contributed by atoms with E-state index in [1.54, 1.807) is 19.1 Å². The predicted molar refractivity (Wildman–Crippen MR) is 303 cm³/mol. The minimum absolute atomic E-state index is 0.287. The Hall–Kier alpha value is -8.08. The van der Waals surface area contributed by atoms with E-state index in [1.807, 2.05) is 198 Å². The van der Waals surface area contributed by atoms with Crippen LogP contribution in [0, 0.1) is 75.9 Å². The van der Waals surface area contributed by atoms with E-state index in [-0.39, 0.29) is 5.56 Å². The lowest BCUT2D eigenvalue weighted by Crippen LogP contribution is -1.94. The summed E-state index contributed by atoms with van der Waals surface area (Å²) >= 11 is 0. The maximum atomic E-state index is 7.48. The maximum Gasteiger partial charge on any atom is 0.0733 e. The van der Waals surface area contributed by atoms with Crippen LogP contribution in [0.2, 0.25) is 0 Å². The van der Waals surface area contributed by atoms with Crippen molar-refractivity contribution in [2.75, 3.05) is 0 Å². The van der Waals surface area contributed by atoms with E-state index < -0.39 is 27.4 Å². The van der Waals surface area contributed by atoms with Gasteiger partial charge in [-0.25, -0.2) is 0 Å². The standard InChI is InChI=1S/C14H15N.C14H14.3C13H13N/c1-10-9-15-14(12(3)11(10)2)13-7-5-4-6-8-13;1-11-8-9-14(10-12(11)2)13-6-4-3-5-7-13;1-10-8-13(14-9-11(10)2)12-6-4-3-5-7-12;1-10-8-11(2)13(14-9-10)12-6-4-3-5-7-12;1-10-8-9-14-13(11(10)2)12-6-4-3-5-7-12/h4-9H,1-3H3;3-10H,1-2H3;3*3-9H,1-2H3/i2*1D3;2D3;1D3;. The Bertz CT molecular complexity index is 3580. The molecule has 0 aliphatic carbocycles. The van der Waals surface area contributed by atoms with Crippen molar-refractivity contribution in [3.05, 3.63) is 274 Å². The zero-order valence-corrected chi connectivity index (χ0v) is 41.5. The van der Waals surface area contributed by atoms with Gasteiger partial charge in [0, 0.05) is 63.5 Å². The number of aromatic nitrogens is 4. The molecule has 0 bridgehead atoms. The summed E-state index contributed by atoms with van der Waals surface area (Å²) < 4.78 is 88.9. The van der Waals surface area contributed by atoms with Gasteiger partial charge in [0.15, 0.2) is 0 Å². The molecule has 71 heavy (non-hydrogen) atoms. The molecule has 0 saturated heterocycles. The summed E-state index contributed by atoms with van der Waals surface area (Å²) in [7, 11) is 0. The molecular weight excluding hydrogens is 861 g/mol. The topological polar surface area (TPSA) is 51.6 Å². The molecule has 10 rings (SSSR count). The average molecular weight is 941 g/mol. The molecule has 0 aliphatic rings. The van der Waals surface area contributed by atoms with Crippen molar-refractivity contribution in [2.45, 2.75) is 75.9 Å². The van der Waals surface area contributed by atoms with Gasteiger partial charge in [-0.1, -0.05) is 176 Å². The Labute approximate surface area is 441 Å². The lowest BCUT2D eigenvalue weighted by molar-refractivity contribution is 1.17. The number of benzene rings is 6. The first-order valence-corrected chi connectivity index (χ1v) is 23.4. The summed E-state index contributed by atoms with van der Waals surface area (Å²) in [5.74, 6) is 0. The highest BCUT2D eigenvalue weighted by Crippen LogP contribution is 2.26. The van der Waals surface area contributed by atoms with Crippen molar-refractivity contribution >= 4 is 0 Å². The van der Waals surface area contributed by atoms with Crippen LogP contribution in [-0.2, 0) is 0 Å². The fourth-order valence-corrected chi connectivity index (χ4v) is 7.38. The van der Waals surface area contributed by atoms with E-state index in [0.29, 0.717) is 16.7 Å². The molecule has 6 aromatic carbocycles. The van der Waals surface area contributed by atoms with Gasteiger partial charge >= 0.3 is 0 Å². The van der Waals surface area contributed by atoms with Crippen LogP contribution in [0.3, 0.4) is 0 Å². The Morgan fingerprint density at radius 2 is 0.761 bits per heavy atom. The maximum absolute atomic E-state index is 7.48. The van der Waals surface area contributed by atoms with Crippen molar-refractivity contribution in [3.63, 3.8) is 0 Å². The van der Waals surface area contributed by atoms with Gasteiger partial charge in [-0.2, -0.15) is 0 Å². The second kappa shape index (κ2) is 26.1. The number of hydrogen-bond acceptors (Lipinski definition) is 4. The minimum atomic E-state index is -2.10. The third-order valence-electron chi connectivity index (χ3n) is 11.9. The van der Waals surface area contributed by atoms with Crippen molar-refractivity contribution in [3.8, 4) is 56.2 Å². The molecule has 0 atom stereocenters. The second-order valence-corrected chi connectivity index (χ2v) is 17.0. The van der Waals surface area contributed by atoms with Gasteiger partial charge < -0.3 is 0 Å². The Balaban J connectivity index is 0.000000167. The summed E-state index contributed by atoms with van der Waals surface area (Å²) in [4.78, 5) is 17.2. The molecule has 0 N–H and O–H groups in total. The normalized spacial score (nSPS) is 13.4. The summed E-state index contributed by atoms with van der Waals surface area (Å²) in [6.07, 6.45) is 6.22. The number of hydrogen-bond donors (Lipinski definition) is 0. The largest absolute Gasteiger partial charge is 0.256 e. The highest BCUT2D eigenvalue weighted by molar-refractivity contribution is 5.67. The first kappa shape index (κ1) is 37.8. The third kappa shape index (κ3) is 15.0. The molecule has 4 heteroatoms. The van der Waals surface area contributed by atoms with E-state index >= 15 is 0 Å². The smallest absolute Gasteiger partial charge is 0.0733 e. The van der Waals surface area contributed by atoms with Crippen molar-refractivity contribution in [2.24, 2.45) is 0 Å². The molecule has 0 aliphatic heterocycles. The fraction of sp³-hybridized carbons (Fsp3) is 0.164. The molecule has 356 valence electrons. The van der Waals surface area contributed by atoms with Gasteiger partial charge in [0.25, 0.3) is 0 Å². The molecule has 0 saturated carbocycles. The average Bonchev–Trinajstić information content (AvgIpc) is 3.66. The molecule has 4 nitrogen and oxygen atoms in total. The van der Waals surface area contributed by atoms with E-state index in [2.05, 4.69) is 45.9 Å². The van der Waals surface area contributed by atoms with Gasteiger partial charge in [-0.3, -0.25) is 19.9 Å². The molecule has 4 heterocycles. The van der Waals surface area contributed by atoms with Crippen LogP contribution in [0.1, 0.15) is 77.6 Å². The van der Waals surface area contributed by atoms with Crippen molar-refractivity contribution in [1.29, 1.82) is 0 Å². The lowest BCUT2D eigenvalue weighted by atomic mass is 10.0. The molecule has 0 radical (unpaired) electrons. The second-order valence-electron chi connectivity index (χ2n) is 17.0. The zero-order chi connectivity index (χ0) is 60.7.